The highest BCUT2D eigenvalue weighted by molar-refractivity contribution is 5.88. The van der Waals surface area contributed by atoms with Crippen LogP contribution in [0.25, 0.3) is 0 Å². The number of ether oxygens (including phenoxy) is 3. The van der Waals surface area contributed by atoms with E-state index in [1.54, 1.807) is 4.90 Å². The normalized spacial score (nSPS) is 24.8. The van der Waals surface area contributed by atoms with Crippen molar-refractivity contribution in [2.45, 2.75) is 45.6 Å². The molecule has 2 saturated carbocycles. The molecule has 0 saturated heterocycles. The lowest BCUT2D eigenvalue weighted by Gasteiger charge is -2.36. The smallest absolute Gasteiger partial charge is 0.309 e. The van der Waals surface area contributed by atoms with Crippen molar-refractivity contribution in [3.63, 3.8) is 0 Å². The molecule has 2 aliphatic carbocycles. The molecule has 1 aromatic carbocycles. The van der Waals surface area contributed by atoms with Crippen LogP contribution < -0.4 is 9.47 Å². The van der Waals surface area contributed by atoms with Gasteiger partial charge in [-0.3, -0.25) is 14.4 Å². The van der Waals surface area contributed by atoms with E-state index >= 15 is 0 Å². The van der Waals surface area contributed by atoms with Crippen molar-refractivity contribution in [1.29, 1.82) is 0 Å². The summed E-state index contributed by atoms with van der Waals surface area (Å²) in [6, 6.07) is 5.64. The van der Waals surface area contributed by atoms with Gasteiger partial charge in [-0.25, -0.2) is 0 Å². The Morgan fingerprint density at radius 1 is 1.10 bits per heavy atom. The van der Waals surface area contributed by atoms with Crippen LogP contribution in [-0.4, -0.2) is 48.9 Å². The second kappa shape index (κ2) is 9.06. The molecule has 2 bridgehead atoms. The van der Waals surface area contributed by atoms with Crippen molar-refractivity contribution in [3.05, 3.63) is 23.8 Å². The van der Waals surface area contributed by atoms with Gasteiger partial charge in [0.15, 0.2) is 18.1 Å². The number of carbonyl (C=O) groups excluding carboxylic acids is 3. The van der Waals surface area contributed by atoms with Gasteiger partial charge in [0.1, 0.15) is 19.0 Å². The zero-order chi connectivity index (χ0) is 21.1. The van der Waals surface area contributed by atoms with E-state index in [4.69, 9.17) is 14.2 Å². The van der Waals surface area contributed by atoms with E-state index in [1.165, 1.54) is 0 Å². The minimum absolute atomic E-state index is 0.00639. The fourth-order valence-electron chi connectivity index (χ4n) is 4.80. The molecule has 0 aromatic heterocycles. The van der Waals surface area contributed by atoms with Gasteiger partial charge in [-0.15, -0.1) is 0 Å². The Kier molecular flexibility index (Phi) is 6.25. The summed E-state index contributed by atoms with van der Waals surface area (Å²) in [5, 5.41) is 0. The van der Waals surface area contributed by atoms with Crippen molar-refractivity contribution in [2.75, 3.05) is 26.4 Å². The number of benzene rings is 1. The summed E-state index contributed by atoms with van der Waals surface area (Å²) < 4.78 is 16.5. The van der Waals surface area contributed by atoms with Crippen LogP contribution >= 0.6 is 0 Å². The molecule has 0 N–H and O–H groups in total. The molecule has 0 radical (unpaired) electrons. The van der Waals surface area contributed by atoms with Gasteiger partial charge in [-0.05, 0) is 50.3 Å². The fraction of sp³-hybridized carbons (Fsp3) is 0.609. The zero-order valence-electron chi connectivity index (χ0n) is 17.4. The highest BCUT2D eigenvalue weighted by Gasteiger charge is 2.42. The van der Waals surface area contributed by atoms with Crippen LogP contribution in [0.2, 0.25) is 0 Å². The monoisotopic (exact) mass is 415 g/mol. The second-order valence-corrected chi connectivity index (χ2v) is 8.39. The zero-order valence-corrected chi connectivity index (χ0v) is 17.4. The Bertz CT molecular complexity index is 806. The summed E-state index contributed by atoms with van der Waals surface area (Å²) in [5.41, 5.74) is 0.930. The number of fused-ring (bicyclic) bond motifs is 3. The maximum atomic E-state index is 12.6. The van der Waals surface area contributed by atoms with Crippen molar-refractivity contribution < 1.29 is 28.6 Å². The minimum Gasteiger partial charge on any atom is -0.486 e. The number of carbonyl (C=O) groups is 3. The number of ketones is 1. The number of hydrogen-bond acceptors (Lipinski definition) is 6. The second-order valence-electron chi connectivity index (χ2n) is 8.39. The summed E-state index contributed by atoms with van der Waals surface area (Å²) in [5.74, 6) is 0.865. The van der Waals surface area contributed by atoms with Gasteiger partial charge in [-0.2, -0.15) is 0 Å². The molecule has 4 rings (SSSR count). The average Bonchev–Trinajstić information content (AvgIpc) is 2.75. The predicted molar refractivity (Wildman–Crippen MR) is 108 cm³/mol. The third-order valence-electron chi connectivity index (χ3n) is 6.43. The molecule has 30 heavy (non-hydrogen) atoms. The molecule has 0 spiro atoms. The van der Waals surface area contributed by atoms with Crippen LogP contribution in [-0.2, 0) is 25.7 Å². The molecule has 1 amide bonds. The molecule has 3 atom stereocenters. The quantitative estimate of drug-likeness (QED) is 0.665. The Labute approximate surface area is 176 Å². The summed E-state index contributed by atoms with van der Waals surface area (Å²) >= 11 is 0. The minimum atomic E-state index is -0.344. The molecule has 1 aliphatic heterocycles. The van der Waals surface area contributed by atoms with Crippen LogP contribution in [0.15, 0.2) is 18.2 Å². The van der Waals surface area contributed by atoms with Gasteiger partial charge in [0, 0.05) is 24.9 Å². The summed E-state index contributed by atoms with van der Waals surface area (Å²) in [6.45, 7) is 3.59. The van der Waals surface area contributed by atoms with Gasteiger partial charge in [0.25, 0.3) is 5.91 Å². The van der Waals surface area contributed by atoms with Gasteiger partial charge < -0.3 is 19.1 Å². The Morgan fingerprint density at radius 2 is 1.80 bits per heavy atom. The van der Waals surface area contributed by atoms with E-state index in [0.717, 1.165) is 24.8 Å². The number of amides is 1. The molecule has 1 unspecified atom stereocenters. The molecule has 3 aliphatic rings. The number of hydrogen-bond donors (Lipinski definition) is 0. The fourth-order valence-corrected chi connectivity index (χ4v) is 4.80. The van der Waals surface area contributed by atoms with E-state index in [2.05, 4.69) is 0 Å². The first-order valence-electron chi connectivity index (χ1n) is 10.9. The van der Waals surface area contributed by atoms with Crippen molar-refractivity contribution >= 4 is 17.7 Å². The molecular formula is C23H29NO6. The molecule has 162 valence electrons. The van der Waals surface area contributed by atoms with Crippen molar-refractivity contribution in [3.8, 4) is 11.5 Å². The first-order valence-corrected chi connectivity index (χ1v) is 10.9. The van der Waals surface area contributed by atoms with E-state index in [-0.39, 0.29) is 36.2 Å². The third-order valence-corrected chi connectivity index (χ3v) is 6.43. The average molecular weight is 415 g/mol. The van der Waals surface area contributed by atoms with Crippen LogP contribution in [0, 0.1) is 17.8 Å². The Balaban J connectivity index is 1.30. The highest BCUT2D eigenvalue weighted by atomic mass is 16.6. The first kappa shape index (κ1) is 20.7. The summed E-state index contributed by atoms with van der Waals surface area (Å²) in [7, 11) is 0. The molecule has 1 heterocycles. The van der Waals surface area contributed by atoms with Crippen LogP contribution in [0.1, 0.15) is 44.6 Å². The lowest BCUT2D eigenvalue weighted by Crippen LogP contribution is -2.40. The van der Waals surface area contributed by atoms with Crippen LogP contribution in [0.4, 0.5) is 0 Å². The Morgan fingerprint density at radius 3 is 2.50 bits per heavy atom. The van der Waals surface area contributed by atoms with E-state index < -0.39 is 0 Å². The standard InChI is InChI=1S/C23H29NO6/c1-2-24(13-15-6-7-19-20(10-15)29-9-8-28-19)21(25)14-30-23(27)18-11-16-4-3-5-17(12-18)22(16)26/h6-7,10,16-18H,2-5,8-9,11-14H2,1H3/t16-,17+,18?. The molecule has 1 aromatic rings. The number of Topliss-reactive ketones (excluding diaryl/α,β-unsaturated/α-hetero) is 1. The van der Waals surface area contributed by atoms with E-state index in [0.29, 0.717) is 56.4 Å². The largest absolute Gasteiger partial charge is 0.486 e. The van der Waals surface area contributed by atoms with Crippen LogP contribution in [0.5, 0.6) is 11.5 Å². The lowest BCUT2D eigenvalue weighted by molar-refractivity contribution is -0.159. The topological polar surface area (TPSA) is 82.1 Å². The third kappa shape index (κ3) is 4.45. The van der Waals surface area contributed by atoms with Gasteiger partial charge >= 0.3 is 5.97 Å². The number of esters is 1. The number of rotatable bonds is 6. The number of likely N-dealkylation sites (N-methyl/N-ethyl adjacent to an activating group) is 1. The Hall–Kier alpha value is -2.57. The lowest BCUT2D eigenvalue weighted by atomic mass is 9.67. The van der Waals surface area contributed by atoms with Crippen molar-refractivity contribution in [1.82, 2.24) is 4.90 Å². The summed E-state index contributed by atoms with van der Waals surface area (Å²) in [6.07, 6.45) is 3.94. The molecule has 2 fully saturated rings. The van der Waals surface area contributed by atoms with Gasteiger partial charge in [-0.1, -0.05) is 12.5 Å². The molecule has 7 heteroatoms. The summed E-state index contributed by atoms with van der Waals surface area (Å²) in [4.78, 5) is 39.0. The molecule has 7 nitrogen and oxygen atoms in total. The van der Waals surface area contributed by atoms with Gasteiger partial charge in [0.05, 0.1) is 5.92 Å². The van der Waals surface area contributed by atoms with E-state index in [1.807, 2.05) is 25.1 Å². The van der Waals surface area contributed by atoms with Crippen LogP contribution in [0.3, 0.4) is 0 Å². The number of nitrogens with zero attached hydrogens (tertiary/aromatic N) is 1. The predicted octanol–water partition coefficient (Wildman–Crippen LogP) is 2.74. The molecular weight excluding hydrogens is 386 g/mol. The van der Waals surface area contributed by atoms with Crippen molar-refractivity contribution in [2.24, 2.45) is 17.8 Å². The maximum absolute atomic E-state index is 12.6. The maximum Gasteiger partial charge on any atom is 0.309 e. The SMILES string of the molecule is CCN(Cc1ccc2c(c1)OCCO2)C(=O)COC(=O)C1C[C@H]2CCC[C@@H](C1)C2=O. The van der Waals surface area contributed by atoms with Gasteiger partial charge in [0.2, 0.25) is 0 Å². The highest BCUT2D eigenvalue weighted by Crippen LogP contribution is 2.40. The first-order chi connectivity index (χ1) is 14.5. The van der Waals surface area contributed by atoms with E-state index in [9.17, 15) is 14.4 Å².